The van der Waals surface area contributed by atoms with Crippen molar-refractivity contribution in [3.05, 3.63) is 23.8 Å². The number of hydrogen-bond donors (Lipinski definition) is 1. The van der Waals surface area contributed by atoms with Gasteiger partial charge in [-0.1, -0.05) is 6.07 Å². The molecule has 1 rings (SSSR count). The topological polar surface area (TPSA) is 61.5 Å². The smallest absolute Gasteiger partial charge is 0.183 e. The minimum atomic E-state index is -0.184. The van der Waals surface area contributed by atoms with Crippen molar-refractivity contribution in [2.24, 2.45) is 5.73 Å². The molecule has 0 radical (unpaired) electrons. The van der Waals surface area contributed by atoms with Crippen LogP contribution in [0.5, 0.6) is 11.5 Å². The lowest BCUT2D eigenvalue weighted by atomic mass is 10.1. The summed E-state index contributed by atoms with van der Waals surface area (Å²) >= 11 is 0. The molecule has 15 heavy (non-hydrogen) atoms. The Morgan fingerprint density at radius 2 is 2.07 bits per heavy atom. The zero-order chi connectivity index (χ0) is 11.3. The van der Waals surface area contributed by atoms with Crippen molar-refractivity contribution in [3.63, 3.8) is 0 Å². The quantitative estimate of drug-likeness (QED) is 0.741. The number of ketones is 1. The molecule has 0 unspecified atom stereocenters. The summed E-state index contributed by atoms with van der Waals surface area (Å²) in [5.41, 5.74) is 5.75. The molecule has 0 heterocycles. The van der Waals surface area contributed by atoms with E-state index in [9.17, 15) is 4.79 Å². The van der Waals surface area contributed by atoms with Crippen LogP contribution in [0.3, 0.4) is 0 Å². The number of nitrogens with two attached hydrogens (primary N) is 1. The number of carbonyl (C=O) groups excluding carboxylic acids is 1. The van der Waals surface area contributed by atoms with Crippen molar-refractivity contribution < 1.29 is 14.3 Å². The summed E-state index contributed by atoms with van der Waals surface area (Å²) in [4.78, 5) is 11.6. The van der Waals surface area contributed by atoms with Crippen molar-refractivity contribution in [2.45, 2.75) is 6.92 Å². The average molecular weight is 209 g/mol. The Hall–Kier alpha value is -1.55. The molecule has 1 aromatic carbocycles. The van der Waals surface area contributed by atoms with Crippen molar-refractivity contribution >= 4 is 5.78 Å². The van der Waals surface area contributed by atoms with Crippen molar-refractivity contribution in [1.82, 2.24) is 0 Å². The molecule has 0 saturated heterocycles. The van der Waals surface area contributed by atoms with E-state index in [1.165, 1.54) is 7.11 Å². The summed E-state index contributed by atoms with van der Waals surface area (Å²) < 4.78 is 10.4. The lowest BCUT2D eigenvalue weighted by molar-refractivity contribution is 0.0994. The lowest BCUT2D eigenvalue weighted by Gasteiger charge is -2.12. The van der Waals surface area contributed by atoms with Gasteiger partial charge in [0.05, 0.1) is 20.3 Å². The first-order valence-corrected chi connectivity index (χ1v) is 4.77. The van der Waals surface area contributed by atoms with E-state index in [2.05, 4.69) is 0 Å². The second-order valence-electron chi connectivity index (χ2n) is 2.89. The summed E-state index contributed by atoms with van der Waals surface area (Å²) in [5, 5.41) is 0. The monoisotopic (exact) mass is 209 g/mol. The van der Waals surface area contributed by atoms with Gasteiger partial charge in [-0.05, 0) is 19.1 Å². The van der Waals surface area contributed by atoms with Gasteiger partial charge in [0.15, 0.2) is 5.78 Å². The molecular formula is C11H15NO3. The molecule has 0 fully saturated rings. The maximum atomic E-state index is 11.6. The number of carbonyl (C=O) groups is 1. The zero-order valence-corrected chi connectivity index (χ0v) is 8.95. The van der Waals surface area contributed by atoms with Gasteiger partial charge in [-0.2, -0.15) is 0 Å². The highest BCUT2D eigenvalue weighted by Gasteiger charge is 2.16. The molecule has 0 atom stereocenters. The second-order valence-corrected chi connectivity index (χ2v) is 2.89. The first-order valence-electron chi connectivity index (χ1n) is 4.77. The van der Waals surface area contributed by atoms with Crippen molar-refractivity contribution in [3.8, 4) is 11.5 Å². The molecule has 0 aromatic heterocycles. The van der Waals surface area contributed by atoms with Crippen LogP contribution in [0.2, 0.25) is 0 Å². The summed E-state index contributed by atoms with van der Waals surface area (Å²) in [6.07, 6.45) is 0. The van der Waals surface area contributed by atoms with Crippen LogP contribution in [0.1, 0.15) is 17.3 Å². The van der Waals surface area contributed by atoms with Crippen LogP contribution in [0, 0.1) is 0 Å². The maximum Gasteiger partial charge on any atom is 0.183 e. The van der Waals surface area contributed by atoms with Crippen LogP contribution >= 0.6 is 0 Å². The maximum absolute atomic E-state index is 11.6. The van der Waals surface area contributed by atoms with E-state index >= 15 is 0 Å². The Bertz CT molecular complexity index is 350. The fraction of sp³-hybridized carbons (Fsp3) is 0.364. The lowest BCUT2D eigenvalue weighted by Crippen LogP contribution is -2.16. The van der Waals surface area contributed by atoms with E-state index in [1.54, 1.807) is 18.2 Å². The molecule has 4 heteroatoms. The standard InChI is InChI=1S/C11H15NO3/c1-3-15-10-6-4-5-9(14-2)11(10)8(13)7-12/h4-6H,3,7,12H2,1-2H3. The molecule has 0 aliphatic heterocycles. The number of Topliss-reactive ketones (excluding diaryl/α,β-unsaturated/α-hetero) is 1. The SMILES string of the molecule is CCOc1cccc(OC)c1C(=O)CN. The molecule has 0 aliphatic carbocycles. The van der Waals surface area contributed by atoms with Gasteiger partial charge in [0.1, 0.15) is 17.1 Å². The van der Waals surface area contributed by atoms with E-state index in [0.29, 0.717) is 23.7 Å². The van der Waals surface area contributed by atoms with Gasteiger partial charge in [-0.3, -0.25) is 4.79 Å². The molecule has 0 aliphatic rings. The highest BCUT2D eigenvalue weighted by molar-refractivity contribution is 6.02. The van der Waals surface area contributed by atoms with E-state index in [-0.39, 0.29) is 12.3 Å². The summed E-state index contributed by atoms with van der Waals surface area (Å²) in [5.74, 6) is 0.833. The Morgan fingerprint density at radius 1 is 1.40 bits per heavy atom. The number of methoxy groups -OCH3 is 1. The molecule has 0 bridgehead atoms. The molecule has 0 amide bonds. The fourth-order valence-electron chi connectivity index (χ4n) is 1.33. The second kappa shape index (κ2) is 5.36. The van der Waals surface area contributed by atoms with E-state index in [1.807, 2.05) is 6.92 Å². The van der Waals surface area contributed by atoms with Crippen molar-refractivity contribution in [2.75, 3.05) is 20.3 Å². The molecule has 0 spiro atoms. The molecular weight excluding hydrogens is 194 g/mol. The first kappa shape index (κ1) is 11.5. The normalized spacial score (nSPS) is 9.80. The molecule has 82 valence electrons. The first-order chi connectivity index (χ1) is 7.24. The van der Waals surface area contributed by atoms with Crippen LogP contribution in [-0.2, 0) is 0 Å². The summed E-state index contributed by atoms with van der Waals surface area (Å²) in [6.45, 7) is 2.30. The third-order valence-corrected chi connectivity index (χ3v) is 1.97. The van der Waals surface area contributed by atoms with Crippen LogP contribution < -0.4 is 15.2 Å². The summed E-state index contributed by atoms with van der Waals surface area (Å²) in [6, 6.07) is 5.22. The number of benzene rings is 1. The van der Waals surface area contributed by atoms with Gasteiger partial charge in [-0.25, -0.2) is 0 Å². The third kappa shape index (κ3) is 2.47. The Kier molecular flexibility index (Phi) is 4.12. The largest absolute Gasteiger partial charge is 0.496 e. The Balaban J connectivity index is 3.20. The summed E-state index contributed by atoms with van der Waals surface area (Å²) in [7, 11) is 1.51. The van der Waals surface area contributed by atoms with Crippen LogP contribution in [-0.4, -0.2) is 26.0 Å². The van der Waals surface area contributed by atoms with Crippen LogP contribution in [0.4, 0.5) is 0 Å². The predicted molar refractivity (Wildman–Crippen MR) is 57.5 cm³/mol. The van der Waals surface area contributed by atoms with E-state index in [4.69, 9.17) is 15.2 Å². The highest BCUT2D eigenvalue weighted by atomic mass is 16.5. The number of hydrogen-bond acceptors (Lipinski definition) is 4. The predicted octanol–water partition coefficient (Wildman–Crippen LogP) is 1.24. The van der Waals surface area contributed by atoms with E-state index < -0.39 is 0 Å². The third-order valence-electron chi connectivity index (χ3n) is 1.97. The van der Waals surface area contributed by atoms with Gasteiger partial charge >= 0.3 is 0 Å². The van der Waals surface area contributed by atoms with Gasteiger partial charge in [0.2, 0.25) is 0 Å². The Morgan fingerprint density at radius 3 is 2.60 bits per heavy atom. The fourth-order valence-corrected chi connectivity index (χ4v) is 1.33. The Labute approximate surface area is 89.0 Å². The highest BCUT2D eigenvalue weighted by Crippen LogP contribution is 2.28. The van der Waals surface area contributed by atoms with Crippen LogP contribution in [0.15, 0.2) is 18.2 Å². The average Bonchev–Trinajstić information content (AvgIpc) is 2.28. The number of ether oxygens (including phenoxy) is 2. The minimum absolute atomic E-state index is 0.0551. The van der Waals surface area contributed by atoms with Gasteiger partial charge in [0.25, 0.3) is 0 Å². The van der Waals surface area contributed by atoms with E-state index in [0.717, 1.165) is 0 Å². The molecule has 0 saturated carbocycles. The minimum Gasteiger partial charge on any atom is -0.496 e. The van der Waals surface area contributed by atoms with Gasteiger partial charge in [-0.15, -0.1) is 0 Å². The van der Waals surface area contributed by atoms with Crippen molar-refractivity contribution in [1.29, 1.82) is 0 Å². The molecule has 1 aromatic rings. The van der Waals surface area contributed by atoms with Gasteiger partial charge < -0.3 is 15.2 Å². The zero-order valence-electron chi connectivity index (χ0n) is 8.95. The molecule has 2 N–H and O–H groups in total. The van der Waals surface area contributed by atoms with Gasteiger partial charge in [0, 0.05) is 0 Å². The molecule has 4 nitrogen and oxygen atoms in total. The number of rotatable bonds is 5. The van der Waals surface area contributed by atoms with Crippen LogP contribution in [0.25, 0.3) is 0 Å².